The Kier molecular flexibility index (Phi) is 4.10. The molecule has 0 saturated heterocycles. The lowest BCUT2D eigenvalue weighted by Crippen LogP contribution is -2.54. The van der Waals surface area contributed by atoms with Gasteiger partial charge in [-0.2, -0.15) is 0 Å². The molecule has 1 nitrogen and oxygen atoms in total. The quantitative estimate of drug-likeness (QED) is 0.832. The first-order chi connectivity index (χ1) is 9.70. The van der Waals surface area contributed by atoms with Crippen molar-refractivity contribution in [1.82, 2.24) is 5.32 Å². The molecular weight excluding hydrogens is 266 g/mol. The maximum absolute atomic E-state index is 6.49. The third-order valence-electron chi connectivity index (χ3n) is 5.55. The van der Waals surface area contributed by atoms with Crippen molar-refractivity contribution in [2.45, 2.75) is 56.8 Å². The summed E-state index contributed by atoms with van der Waals surface area (Å²) in [5.41, 5.74) is 2.26. The van der Waals surface area contributed by atoms with E-state index in [9.17, 15) is 0 Å². The number of rotatable bonds is 3. The Balaban J connectivity index is 1.84. The lowest BCUT2D eigenvalue weighted by molar-refractivity contribution is 0.00727. The average molecular weight is 292 g/mol. The second kappa shape index (κ2) is 5.69. The highest BCUT2D eigenvalue weighted by Crippen LogP contribution is 2.61. The van der Waals surface area contributed by atoms with Gasteiger partial charge in [-0.05, 0) is 49.8 Å². The fourth-order valence-electron chi connectivity index (χ4n) is 4.86. The third-order valence-corrected chi connectivity index (χ3v) is 5.88. The van der Waals surface area contributed by atoms with Crippen LogP contribution in [0.3, 0.4) is 0 Å². The van der Waals surface area contributed by atoms with Gasteiger partial charge >= 0.3 is 0 Å². The molecule has 110 valence electrons. The van der Waals surface area contributed by atoms with Crippen LogP contribution in [0.5, 0.6) is 0 Å². The van der Waals surface area contributed by atoms with Gasteiger partial charge in [-0.15, -0.1) is 0 Å². The first kappa shape index (κ1) is 14.4. The summed E-state index contributed by atoms with van der Waals surface area (Å²) < 4.78 is 0. The van der Waals surface area contributed by atoms with Crippen molar-refractivity contribution in [3.8, 4) is 0 Å². The highest BCUT2D eigenvalue weighted by molar-refractivity contribution is 6.31. The van der Waals surface area contributed by atoms with Gasteiger partial charge in [-0.25, -0.2) is 0 Å². The fraction of sp³-hybridized carbons (Fsp3) is 0.667. The van der Waals surface area contributed by atoms with Gasteiger partial charge in [0.05, 0.1) is 0 Å². The van der Waals surface area contributed by atoms with Crippen LogP contribution in [-0.2, 0) is 5.41 Å². The highest BCUT2D eigenvalue weighted by atomic mass is 35.5. The van der Waals surface area contributed by atoms with Gasteiger partial charge in [-0.1, -0.05) is 55.5 Å². The number of hydrogen-bond acceptors (Lipinski definition) is 1. The Morgan fingerprint density at radius 2 is 1.70 bits per heavy atom. The summed E-state index contributed by atoms with van der Waals surface area (Å²) in [6.07, 6.45) is 11.2. The van der Waals surface area contributed by atoms with Crippen molar-refractivity contribution in [1.29, 1.82) is 0 Å². The predicted octanol–water partition coefficient (Wildman–Crippen LogP) is 4.93. The molecule has 2 aliphatic rings. The molecule has 0 atom stereocenters. The molecule has 0 aliphatic heterocycles. The fourth-order valence-corrected chi connectivity index (χ4v) is 5.19. The number of halogens is 1. The van der Waals surface area contributed by atoms with Crippen molar-refractivity contribution < 1.29 is 0 Å². The topological polar surface area (TPSA) is 12.0 Å². The van der Waals surface area contributed by atoms with Gasteiger partial charge in [0.2, 0.25) is 0 Å². The van der Waals surface area contributed by atoms with Gasteiger partial charge < -0.3 is 5.32 Å². The molecule has 0 heterocycles. The van der Waals surface area contributed by atoms with E-state index in [2.05, 4.69) is 24.5 Å². The van der Waals surface area contributed by atoms with E-state index in [0.29, 0.717) is 5.41 Å². The average Bonchev–Trinajstić information content (AvgIpc) is 2.64. The summed E-state index contributed by atoms with van der Waals surface area (Å²) in [6.45, 7) is 1.05. The maximum atomic E-state index is 6.49. The Morgan fingerprint density at radius 1 is 1.05 bits per heavy atom. The number of hydrogen-bond donors (Lipinski definition) is 1. The van der Waals surface area contributed by atoms with Crippen LogP contribution in [0.15, 0.2) is 24.3 Å². The van der Waals surface area contributed by atoms with Crippen LogP contribution in [0.1, 0.15) is 56.9 Å². The lowest BCUT2D eigenvalue weighted by Gasteiger charge is -2.57. The standard InChI is InChI=1S/C18H26ClN/c1-20-14-18(15-8-4-5-9-16(15)19)12-17(13-18)10-6-2-3-7-11-17/h4-5,8-9,20H,2-3,6-7,10-14H2,1H3. The van der Waals surface area contributed by atoms with Crippen LogP contribution in [0.2, 0.25) is 5.02 Å². The van der Waals surface area contributed by atoms with Crippen molar-refractivity contribution in [3.05, 3.63) is 34.9 Å². The highest BCUT2D eigenvalue weighted by Gasteiger charge is 2.54. The van der Waals surface area contributed by atoms with E-state index in [4.69, 9.17) is 11.6 Å². The minimum Gasteiger partial charge on any atom is -0.319 e. The van der Waals surface area contributed by atoms with Crippen molar-refractivity contribution in [3.63, 3.8) is 0 Å². The normalized spacial score (nSPS) is 24.1. The van der Waals surface area contributed by atoms with Crippen molar-refractivity contribution in [2.75, 3.05) is 13.6 Å². The minimum absolute atomic E-state index is 0.275. The molecule has 1 aromatic rings. The third kappa shape index (κ3) is 2.51. The first-order valence-corrected chi connectivity index (χ1v) is 8.47. The predicted molar refractivity (Wildman–Crippen MR) is 86.4 cm³/mol. The Morgan fingerprint density at radius 3 is 2.30 bits per heavy atom. The summed E-state index contributed by atoms with van der Waals surface area (Å²) in [5, 5.41) is 4.37. The van der Waals surface area contributed by atoms with E-state index in [1.54, 1.807) is 0 Å². The molecule has 20 heavy (non-hydrogen) atoms. The maximum Gasteiger partial charge on any atom is 0.0444 e. The summed E-state index contributed by atoms with van der Waals surface area (Å²) in [6, 6.07) is 8.46. The second-order valence-electron chi connectivity index (χ2n) is 7.06. The van der Waals surface area contributed by atoms with E-state index < -0.39 is 0 Å². The van der Waals surface area contributed by atoms with Gasteiger partial charge in [0, 0.05) is 17.0 Å². The van der Waals surface area contributed by atoms with Gasteiger partial charge in [0.25, 0.3) is 0 Å². The van der Waals surface area contributed by atoms with E-state index >= 15 is 0 Å². The molecule has 0 unspecified atom stereocenters. The molecule has 2 saturated carbocycles. The Labute approximate surface area is 128 Å². The summed E-state index contributed by atoms with van der Waals surface area (Å²) in [5.74, 6) is 0. The summed E-state index contributed by atoms with van der Waals surface area (Å²) in [7, 11) is 2.07. The Hall–Kier alpha value is -0.530. The van der Waals surface area contributed by atoms with Crippen molar-refractivity contribution >= 4 is 11.6 Å². The molecular formula is C18H26ClN. The van der Waals surface area contributed by atoms with Crippen LogP contribution < -0.4 is 5.32 Å². The van der Waals surface area contributed by atoms with E-state index in [1.807, 2.05) is 12.1 Å². The van der Waals surface area contributed by atoms with Gasteiger partial charge in [0.15, 0.2) is 0 Å². The molecule has 3 rings (SSSR count). The van der Waals surface area contributed by atoms with E-state index in [0.717, 1.165) is 11.6 Å². The summed E-state index contributed by atoms with van der Waals surface area (Å²) in [4.78, 5) is 0. The van der Waals surface area contributed by atoms with Crippen LogP contribution in [0.4, 0.5) is 0 Å². The molecule has 0 radical (unpaired) electrons. The van der Waals surface area contributed by atoms with Crippen LogP contribution >= 0.6 is 11.6 Å². The number of benzene rings is 1. The summed E-state index contributed by atoms with van der Waals surface area (Å²) >= 11 is 6.49. The molecule has 0 bridgehead atoms. The van der Waals surface area contributed by atoms with Crippen LogP contribution in [0.25, 0.3) is 0 Å². The van der Waals surface area contributed by atoms with Gasteiger partial charge in [0.1, 0.15) is 0 Å². The molecule has 1 aromatic carbocycles. The molecule has 0 amide bonds. The number of nitrogens with one attached hydrogen (secondary N) is 1. The van der Waals surface area contributed by atoms with Crippen LogP contribution in [-0.4, -0.2) is 13.6 Å². The monoisotopic (exact) mass is 291 g/mol. The van der Waals surface area contributed by atoms with Gasteiger partial charge in [-0.3, -0.25) is 0 Å². The largest absolute Gasteiger partial charge is 0.319 e. The minimum atomic E-state index is 0.275. The molecule has 2 fully saturated rings. The molecule has 1 N–H and O–H groups in total. The van der Waals surface area contributed by atoms with Crippen molar-refractivity contribution in [2.24, 2.45) is 5.41 Å². The van der Waals surface area contributed by atoms with Crippen LogP contribution in [0, 0.1) is 5.41 Å². The zero-order chi connectivity index (χ0) is 14.1. The smallest absolute Gasteiger partial charge is 0.0444 e. The second-order valence-corrected chi connectivity index (χ2v) is 7.47. The van der Waals surface area contributed by atoms with E-state index in [1.165, 1.54) is 56.9 Å². The lowest BCUT2D eigenvalue weighted by atomic mass is 9.48. The number of likely N-dealkylation sites (N-methyl/N-ethyl adjacent to an activating group) is 1. The molecule has 2 aliphatic carbocycles. The molecule has 2 heteroatoms. The molecule has 0 aromatic heterocycles. The first-order valence-electron chi connectivity index (χ1n) is 8.09. The Bertz CT molecular complexity index is 452. The molecule has 1 spiro atoms. The SMILES string of the molecule is CNCC1(c2ccccc2Cl)CC2(CCCCCC2)C1. The zero-order valence-corrected chi connectivity index (χ0v) is 13.3. The van der Waals surface area contributed by atoms with E-state index in [-0.39, 0.29) is 5.41 Å². The zero-order valence-electron chi connectivity index (χ0n) is 12.6.